The van der Waals surface area contributed by atoms with Crippen LogP contribution in [0.3, 0.4) is 0 Å². The van der Waals surface area contributed by atoms with Crippen LogP contribution in [0.15, 0.2) is 33.6 Å². The van der Waals surface area contributed by atoms with Gasteiger partial charge in [0.2, 0.25) is 10.0 Å². The Bertz CT molecular complexity index is 492. The summed E-state index contributed by atoms with van der Waals surface area (Å²) in [6.07, 6.45) is 0. The van der Waals surface area contributed by atoms with Crippen molar-refractivity contribution in [1.82, 2.24) is 9.62 Å². The van der Waals surface area contributed by atoms with Crippen molar-refractivity contribution < 1.29 is 8.42 Å². The molecule has 1 N–H and O–H groups in total. The normalized spacial score (nSPS) is 21.3. The summed E-state index contributed by atoms with van der Waals surface area (Å²) in [5.74, 6) is 0. The molecular weight excluding hydrogens is 340 g/mol. The van der Waals surface area contributed by atoms with Crippen molar-refractivity contribution in [3.63, 3.8) is 0 Å². The molecule has 1 heterocycles. The third kappa shape index (κ3) is 3.45. The second kappa shape index (κ2) is 6.34. The summed E-state index contributed by atoms with van der Waals surface area (Å²) in [6.45, 7) is 3.75. The fourth-order valence-corrected chi connectivity index (χ4v) is 3.66. The minimum atomic E-state index is -3.34. The Hall–Kier alpha value is -0.140. The Kier molecular flexibility index (Phi) is 5.61. The molecule has 18 heavy (non-hydrogen) atoms. The van der Waals surface area contributed by atoms with Gasteiger partial charge in [-0.15, -0.1) is 12.4 Å². The van der Waals surface area contributed by atoms with Crippen LogP contribution < -0.4 is 5.32 Å². The molecule has 1 unspecified atom stereocenters. The number of nitrogens with zero attached hydrogens (tertiary/aromatic N) is 1. The highest BCUT2D eigenvalue weighted by Crippen LogP contribution is 2.19. The molecule has 1 aliphatic heterocycles. The number of benzene rings is 1. The first-order valence-electron chi connectivity index (χ1n) is 5.49. The van der Waals surface area contributed by atoms with Crippen molar-refractivity contribution >= 4 is 38.4 Å². The van der Waals surface area contributed by atoms with Gasteiger partial charge in [-0.25, -0.2) is 8.42 Å². The van der Waals surface area contributed by atoms with E-state index in [1.54, 1.807) is 24.3 Å². The standard InChI is InChI=1S/C11H15BrN2O2S.ClH/c1-9-8-14(7-6-13-9)17(15,16)11-4-2-10(12)3-5-11;/h2-5,9,13H,6-8H2,1H3;1H. The van der Waals surface area contributed by atoms with E-state index in [9.17, 15) is 8.42 Å². The smallest absolute Gasteiger partial charge is 0.243 e. The van der Waals surface area contributed by atoms with E-state index in [0.717, 1.165) is 4.47 Å². The minimum Gasteiger partial charge on any atom is -0.312 e. The van der Waals surface area contributed by atoms with E-state index >= 15 is 0 Å². The summed E-state index contributed by atoms with van der Waals surface area (Å²) in [5.41, 5.74) is 0. The molecule has 1 aromatic carbocycles. The zero-order chi connectivity index (χ0) is 12.5. The molecule has 1 saturated heterocycles. The Morgan fingerprint density at radius 1 is 1.33 bits per heavy atom. The van der Waals surface area contributed by atoms with E-state index in [1.165, 1.54) is 4.31 Å². The van der Waals surface area contributed by atoms with Gasteiger partial charge in [0.1, 0.15) is 0 Å². The zero-order valence-electron chi connectivity index (χ0n) is 9.97. The summed E-state index contributed by atoms with van der Waals surface area (Å²) >= 11 is 3.30. The summed E-state index contributed by atoms with van der Waals surface area (Å²) in [7, 11) is -3.34. The van der Waals surface area contributed by atoms with Crippen molar-refractivity contribution in [3.8, 4) is 0 Å². The highest BCUT2D eigenvalue weighted by Gasteiger charge is 2.28. The molecule has 1 atom stereocenters. The highest BCUT2D eigenvalue weighted by atomic mass is 79.9. The van der Waals surface area contributed by atoms with Crippen LogP contribution in [0, 0.1) is 0 Å². The second-order valence-corrected chi connectivity index (χ2v) is 7.03. The van der Waals surface area contributed by atoms with Crippen LogP contribution in [0.25, 0.3) is 0 Å². The average molecular weight is 356 g/mol. The zero-order valence-corrected chi connectivity index (χ0v) is 13.2. The van der Waals surface area contributed by atoms with Gasteiger partial charge in [-0.2, -0.15) is 4.31 Å². The van der Waals surface area contributed by atoms with Gasteiger partial charge < -0.3 is 5.32 Å². The number of hydrogen-bond donors (Lipinski definition) is 1. The van der Waals surface area contributed by atoms with Crippen molar-refractivity contribution in [1.29, 1.82) is 0 Å². The topological polar surface area (TPSA) is 49.4 Å². The van der Waals surface area contributed by atoms with Crippen LogP contribution in [0.5, 0.6) is 0 Å². The van der Waals surface area contributed by atoms with Gasteiger partial charge in [0, 0.05) is 30.1 Å². The molecule has 0 radical (unpaired) electrons. The number of piperazine rings is 1. The molecule has 102 valence electrons. The monoisotopic (exact) mass is 354 g/mol. The lowest BCUT2D eigenvalue weighted by Gasteiger charge is -2.30. The lowest BCUT2D eigenvalue weighted by Crippen LogP contribution is -2.51. The first-order valence-corrected chi connectivity index (χ1v) is 7.72. The van der Waals surface area contributed by atoms with E-state index in [4.69, 9.17) is 0 Å². The van der Waals surface area contributed by atoms with Gasteiger partial charge >= 0.3 is 0 Å². The molecule has 0 saturated carbocycles. The van der Waals surface area contributed by atoms with Crippen molar-refractivity contribution in [3.05, 3.63) is 28.7 Å². The van der Waals surface area contributed by atoms with Crippen LogP contribution in [0.4, 0.5) is 0 Å². The predicted octanol–water partition coefficient (Wildman–Crippen LogP) is 1.85. The molecule has 0 bridgehead atoms. The third-order valence-corrected chi connectivity index (χ3v) is 5.19. The molecule has 2 rings (SSSR count). The summed E-state index contributed by atoms with van der Waals surface area (Å²) in [4.78, 5) is 0.356. The Morgan fingerprint density at radius 3 is 2.50 bits per heavy atom. The number of sulfonamides is 1. The van der Waals surface area contributed by atoms with Crippen LogP contribution >= 0.6 is 28.3 Å². The maximum absolute atomic E-state index is 12.3. The number of halogens is 2. The summed E-state index contributed by atoms with van der Waals surface area (Å²) < 4.78 is 27.1. The van der Waals surface area contributed by atoms with Gasteiger partial charge in [-0.05, 0) is 31.2 Å². The average Bonchev–Trinajstić information content (AvgIpc) is 2.29. The maximum atomic E-state index is 12.3. The number of rotatable bonds is 2. The molecule has 0 aliphatic carbocycles. The fraction of sp³-hybridized carbons (Fsp3) is 0.455. The fourth-order valence-electron chi connectivity index (χ4n) is 1.87. The first kappa shape index (κ1) is 15.9. The van der Waals surface area contributed by atoms with Crippen LogP contribution in [-0.2, 0) is 10.0 Å². The SMILES string of the molecule is CC1CN(S(=O)(=O)c2ccc(Br)cc2)CCN1.Cl. The Balaban J connectivity index is 0.00000162. The van der Waals surface area contributed by atoms with E-state index in [-0.39, 0.29) is 18.4 Å². The molecule has 0 aromatic heterocycles. The maximum Gasteiger partial charge on any atom is 0.243 e. The minimum absolute atomic E-state index is 0. The van der Waals surface area contributed by atoms with E-state index in [1.807, 2.05) is 6.92 Å². The van der Waals surface area contributed by atoms with E-state index in [0.29, 0.717) is 24.5 Å². The molecule has 4 nitrogen and oxygen atoms in total. The van der Waals surface area contributed by atoms with E-state index < -0.39 is 10.0 Å². The molecule has 7 heteroatoms. The molecule has 1 aliphatic rings. The van der Waals surface area contributed by atoms with Gasteiger partial charge in [-0.3, -0.25) is 0 Å². The molecular formula is C11H16BrClN2O2S. The van der Waals surface area contributed by atoms with Crippen molar-refractivity contribution in [2.45, 2.75) is 17.9 Å². The van der Waals surface area contributed by atoms with Crippen LogP contribution in [0.1, 0.15) is 6.92 Å². The predicted molar refractivity (Wildman–Crippen MR) is 77.6 cm³/mol. The lowest BCUT2D eigenvalue weighted by molar-refractivity contribution is 0.310. The highest BCUT2D eigenvalue weighted by molar-refractivity contribution is 9.10. The lowest BCUT2D eigenvalue weighted by atomic mass is 10.3. The summed E-state index contributed by atoms with van der Waals surface area (Å²) in [6, 6.07) is 6.96. The summed E-state index contributed by atoms with van der Waals surface area (Å²) in [5, 5.41) is 3.23. The van der Waals surface area contributed by atoms with Crippen molar-refractivity contribution in [2.75, 3.05) is 19.6 Å². The Labute approximate surface area is 122 Å². The van der Waals surface area contributed by atoms with Gasteiger partial charge in [0.05, 0.1) is 4.90 Å². The first-order chi connectivity index (χ1) is 8.00. The second-order valence-electron chi connectivity index (χ2n) is 4.17. The van der Waals surface area contributed by atoms with Crippen molar-refractivity contribution in [2.24, 2.45) is 0 Å². The van der Waals surface area contributed by atoms with Gasteiger partial charge in [0.15, 0.2) is 0 Å². The largest absolute Gasteiger partial charge is 0.312 e. The van der Waals surface area contributed by atoms with Gasteiger partial charge in [0.25, 0.3) is 0 Å². The number of hydrogen-bond acceptors (Lipinski definition) is 3. The molecule has 0 spiro atoms. The number of nitrogens with one attached hydrogen (secondary N) is 1. The molecule has 0 amide bonds. The van der Waals surface area contributed by atoms with E-state index in [2.05, 4.69) is 21.2 Å². The van der Waals surface area contributed by atoms with Crippen LogP contribution in [0.2, 0.25) is 0 Å². The molecule has 1 aromatic rings. The van der Waals surface area contributed by atoms with Gasteiger partial charge in [-0.1, -0.05) is 15.9 Å². The quantitative estimate of drug-likeness (QED) is 0.881. The molecule has 1 fully saturated rings. The van der Waals surface area contributed by atoms with Crippen LogP contribution in [-0.4, -0.2) is 38.4 Å². The third-order valence-electron chi connectivity index (χ3n) is 2.78. The Morgan fingerprint density at radius 2 is 1.94 bits per heavy atom.